The van der Waals surface area contributed by atoms with Gasteiger partial charge in [0.15, 0.2) is 0 Å². The molecule has 0 amide bonds. The summed E-state index contributed by atoms with van der Waals surface area (Å²) in [5, 5.41) is 0. The first-order valence-electron chi connectivity index (χ1n) is 9.52. The number of aromatic nitrogens is 1. The molecular weight excluding hydrogens is 361 g/mol. The lowest BCUT2D eigenvalue weighted by Gasteiger charge is -2.38. The second-order valence-corrected chi connectivity index (χ2v) is 7.45. The Bertz CT molecular complexity index is 943. The van der Waals surface area contributed by atoms with Crippen LogP contribution in [0.3, 0.4) is 0 Å². The van der Waals surface area contributed by atoms with Crippen molar-refractivity contribution in [2.75, 3.05) is 0 Å². The lowest BCUT2D eigenvalue weighted by Crippen LogP contribution is -2.47. The predicted molar refractivity (Wildman–Crippen MR) is 101 cm³/mol. The molecule has 2 heterocycles. The van der Waals surface area contributed by atoms with Gasteiger partial charge in [-0.2, -0.15) is 0 Å². The molecule has 146 valence electrons. The molecule has 0 N–H and O–H groups in total. The smallest absolute Gasteiger partial charge is 0.348 e. The Morgan fingerprint density at radius 2 is 1.61 bits per heavy atom. The number of nitrogens with zero attached hydrogens (tertiary/aromatic N) is 1. The standard InChI is InChI=1S/C22H22FNO4/c1-14-12-16(15(2)24(14)18-8-6-17(23)7-9-18)13-19-20(25)27-22(28-21(19)26)10-4-3-5-11-22/h6-9,12-13H,3-5,10-11H2,1-2H3. The number of benzene rings is 1. The van der Waals surface area contributed by atoms with Crippen LogP contribution in [0.4, 0.5) is 4.39 Å². The van der Waals surface area contributed by atoms with E-state index in [1.54, 1.807) is 12.1 Å². The first kappa shape index (κ1) is 18.5. The molecule has 1 aromatic carbocycles. The second-order valence-electron chi connectivity index (χ2n) is 7.45. The summed E-state index contributed by atoms with van der Waals surface area (Å²) in [6.45, 7) is 3.79. The van der Waals surface area contributed by atoms with Gasteiger partial charge >= 0.3 is 11.9 Å². The molecule has 2 aromatic rings. The zero-order chi connectivity index (χ0) is 19.9. The molecule has 5 nitrogen and oxygen atoms in total. The summed E-state index contributed by atoms with van der Waals surface area (Å²) in [7, 11) is 0. The van der Waals surface area contributed by atoms with E-state index in [4.69, 9.17) is 9.47 Å². The molecule has 1 saturated heterocycles. The van der Waals surface area contributed by atoms with Crippen LogP contribution in [0, 0.1) is 19.7 Å². The first-order chi connectivity index (χ1) is 13.4. The van der Waals surface area contributed by atoms with Crippen LogP contribution in [-0.4, -0.2) is 22.3 Å². The average Bonchev–Trinajstić information content (AvgIpc) is 2.93. The molecular formula is C22H22FNO4. The maximum absolute atomic E-state index is 13.2. The molecule has 0 atom stereocenters. The zero-order valence-electron chi connectivity index (χ0n) is 16.0. The highest BCUT2D eigenvalue weighted by Crippen LogP contribution is 2.37. The molecule has 1 aliphatic carbocycles. The molecule has 2 aliphatic rings. The number of ether oxygens (including phenoxy) is 2. The van der Waals surface area contributed by atoms with Gasteiger partial charge in [0, 0.05) is 29.9 Å². The summed E-state index contributed by atoms with van der Waals surface area (Å²) in [4.78, 5) is 25.1. The maximum Gasteiger partial charge on any atom is 0.348 e. The van der Waals surface area contributed by atoms with E-state index >= 15 is 0 Å². The highest BCUT2D eigenvalue weighted by molar-refractivity contribution is 6.19. The van der Waals surface area contributed by atoms with Crippen molar-refractivity contribution in [3.8, 4) is 5.69 Å². The fourth-order valence-corrected chi connectivity index (χ4v) is 4.04. The van der Waals surface area contributed by atoms with Gasteiger partial charge in [0.2, 0.25) is 0 Å². The number of aryl methyl sites for hydroxylation is 1. The Morgan fingerprint density at radius 1 is 1.00 bits per heavy atom. The molecule has 4 rings (SSSR count). The minimum Gasteiger partial charge on any atom is -0.419 e. The van der Waals surface area contributed by atoms with Crippen molar-refractivity contribution < 1.29 is 23.5 Å². The minimum atomic E-state index is -1.09. The van der Waals surface area contributed by atoms with Gasteiger partial charge in [0.25, 0.3) is 5.79 Å². The van der Waals surface area contributed by atoms with Gasteiger partial charge in [0.05, 0.1) is 0 Å². The summed E-state index contributed by atoms with van der Waals surface area (Å²) in [6.07, 6.45) is 5.42. The molecule has 0 bridgehead atoms. The van der Waals surface area contributed by atoms with Crippen molar-refractivity contribution in [1.82, 2.24) is 4.57 Å². The van der Waals surface area contributed by atoms with E-state index < -0.39 is 17.7 Å². The largest absolute Gasteiger partial charge is 0.419 e. The van der Waals surface area contributed by atoms with E-state index in [1.807, 2.05) is 24.5 Å². The van der Waals surface area contributed by atoms with Crippen LogP contribution in [0.2, 0.25) is 0 Å². The SMILES string of the molecule is Cc1cc(C=C2C(=O)OC3(CCCCC3)OC2=O)c(C)n1-c1ccc(F)cc1. The molecule has 1 spiro atoms. The number of hydrogen-bond donors (Lipinski definition) is 0. The Morgan fingerprint density at radius 3 is 2.21 bits per heavy atom. The van der Waals surface area contributed by atoms with E-state index in [1.165, 1.54) is 18.2 Å². The number of carbonyl (C=O) groups is 2. The molecule has 0 unspecified atom stereocenters. The maximum atomic E-state index is 13.2. The highest BCUT2D eigenvalue weighted by Gasteiger charge is 2.46. The topological polar surface area (TPSA) is 57.5 Å². The van der Waals surface area contributed by atoms with Gasteiger partial charge < -0.3 is 14.0 Å². The zero-order valence-corrected chi connectivity index (χ0v) is 16.0. The van der Waals surface area contributed by atoms with Crippen molar-refractivity contribution in [2.45, 2.75) is 51.7 Å². The molecule has 6 heteroatoms. The molecule has 1 aromatic heterocycles. The lowest BCUT2D eigenvalue weighted by molar-refractivity contribution is -0.244. The van der Waals surface area contributed by atoms with E-state index in [0.29, 0.717) is 18.4 Å². The number of halogens is 1. The summed E-state index contributed by atoms with van der Waals surface area (Å²) < 4.78 is 26.3. The van der Waals surface area contributed by atoms with Gasteiger partial charge in [-0.05, 0) is 68.7 Å². The van der Waals surface area contributed by atoms with Gasteiger partial charge in [-0.1, -0.05) is 6.42 Å². The van der Waals surface area contributed by atoms with E-state index in [0.717, 1.165) is 36.3 Å². The van der Waals surface area contributed by atoms with Gasteiger partial charge in [-0.25, -0.2) is 14.0 Å². The Hall–Kier alpha value is -2.89. The Kier molecular flexibility index (Phi) is 4.57. The van der Waals surface area contributed by atoms with Gasteiger partial charge in [-0.3, -0.25) is 0 Å². The molecule has 2 fully saturated rings. The minimum absolute atomic E-state index is 0.101. The second kappa shape index (κ2) is 6.93. The molecule has 1 aliphatic heterocycles. The van der Waals surface area contributed by atoms with E-state index in [9.17, 15) is 14.0 Å². The van der Waals surface area contributed by atoms with Crippen molar-refractivity contribution in [1.29, 1.82) is 0 Å². The molecule has 1 saturated carbocycles. The van der Waals surface area contributed by atoms with Crippen molar-refractivity contribution in [2.24, 2.45) is 0 Å². The third-order valence-electron chi connectivity index (χ3n) is 5.47. The first-order valence-corrected chi connectivity index (χ1v) is 9.52. The number of rotatable bonds is 2. The van der Waals surface area contributed by atoms with Crippen LogP contribution in [-0.2, 0) is 19.1 Å². The number of esters is 2. The van der Waals surface area contributed by atoms with Crippen LogP contribution >= 0.6 is 0 Å². The predicted octanol–water partition coefficient (Wildman–Crippen LogP) is 4.38. The van der Waals surface area contributed by atoms with Crippen molar-refractivity contribution >= 4 is 18.0 Å². The molecule has 28 heavy (non-hydrogen) atoms. The van der Waals surface area contributed by atoms with Crippen LogP contribution in [0.15, 0.2) is 35.9 Å². The molecule has 0 radical (unpaired) electrons. The number of carbonyl (C=O) groups excluding carboxylic acids is 2. The third kappa shape index (κ3) is 3.23. The summed E-state index contributed by atoms with van der Waals surface area (Å²) in [6, 6.07) is 8.03. The van der Waals surface area contributed by atoms with Crippen molar-refractivity contribution in [3.05, 3.63) is 58.7 Å². The lowest BCUT2D eigenvalue weighted by atomic mass is 9.93. The Labute approximate surface area is 162 Å². The summed E-state index contributed by atoms with van der Waals surface area (Å²) >= 11 is 0. The Balaban J connectivity index is 1.66. The van der Waals surface area contributed by atoms with E-state index in [2.05, 4.69) is 0 Å². The summed E-state index contributed by atoms with van der Waals surface area (Å²) in [5.41, 5.74) is 3.14. The van der Waals surface area contributed by atoms with Crippen LogP contribution in [0.5, 0.6) is 0 Å². The fourth-order valence-electron chi connectivity index (χ4n) is 4.04. The van der Waals surface area contributed by atoms with Crippen LogP contribution in [0.25, 0.3) is 11.8 Å². The highest BCUT2D eigenvalue weighted by atomic mass is 19.1. The van der Waals surface area contributed by atoms with Crippen molar-refractivity contribution in [3.63, 3.8) is 0 Å². The van der Waals surface area contributed by atoms with Crippen LogP contribution in [0.1, 0.15) is 49.1 Å². The van der Waals surface area contributed by atoms with Crippen LogP contribution < -0.4 is 0 Å². The van der Waals surface area contributed by atoms with Gasteiger partial charge in [0.1, 0.15) is 11.4 Å². The van der Waals surface area contributed by atoms with E-state index in [-0.39, 0.29) is 11.4 Å². The van der Waals surface area contributed by atoms with Gasteiger partial charge in [-0.15, -0.1) is 0 Å². The normalized spacial score (nSPS) is 18.8. The monoisotopic (exact) mass is 383 g/mol. The quantitative estimate of drug-likeness (QED) is 0.439. The average molecular weight is 383 g/mol. The summed E-state index contributed by atoms with van der Waals surface area (Å²) in [5.74, 6) is -2.67. The fraction of sp³-hybridized carbons (Fsp3) is 0.364. The third-order valence-corrected chi connectivity index (χ3v) is 5.47. The number of hydrogen-bond acceptors (Lipinski definition) is 4.